The topological polar surface area (TPSA) is 67.6 Å². The molecule has 3 fully saturated rings. The van der Waals surface area contributed by atoms with Gasteiger partial charge in [0.25, 0.3) is 5.91 Å². The van der Waals surface area contributed by atoms with Crippen molar-refractivity contribution in [3.63, 3.8) is 0 Å². The molecule has 2 bridgehead atoms. The molecule has 3 aliphatic rings. The normalized spacial score (nSPS) is 33.0. The highest BCUT2D eigenvalue weighted by Crippen LogP contribution is 2.55. The third kappa shape index (κ3) is 2.48. The van der Waals surface area contributed by atoms with Crippen molar-refractivity contribution in [2.24, 2.45) is 11.8 Å². The monoisotopic (exact) mass is 379 g/mol. The van der Waals surface area contributed by atoms with E-state index in [0.29, 0.717) is 18.4 Å². The second-order valence-corrected chi connectivity index (χ2v) is 8.28. The molecule has 0 saturated carbocycles. The van der Waals surface area contributed by atoms with E-state index in [1.165, 1.54) is 0 Å². The van der Waals surface area contributed by atoms with E-state index in [1.54, 1.807) is 23.5 Å². The highest BCUT2D eigenvalue weighted by Gasteiger charge is 2.63. The van der Waals surface area contributed by atoms with Crippen LogP contribution in [0.3, 0.4) is 0 Å². The molecule has 5 heterocycles. The smallest absolute Gasteiger partial charge is 0.287 e. The molecule has 6 nitrogen and oxygen atoms in total. The van der Waals surface area contributed by atoms with Crippen LogP contribution in [0.15, 0.2) is 28.1 Å². The molecule has 4 atom stereocenters. The molecular formula is C17H18ClN3O3S. The number of hydrogen-bond acceptors (Lipinski definition) is 6. The molecule has 1 spiro atoms. The number of carbonyl (C=O) groups excluding carboxylic acids is 1. The van der Waals surface area contributed by atoms with Gasteiger partial charge in [-0.3, -0.25) is 4.79 Å². The molecule has 0 aromatic carbocycles. The maximum Gasteiger partial charge on any atom is 0.287 e. The number of fused-ring (bicyclic) bond motifs is 1. The average Bonchev–Trinajstić information content (AvgIpc) is 3.37. The van der Waals surface area contributed by atoms with E-state index in [-0.39, 0.29) is 28.6 Å². The molecule has 0 unspecified atom stereocenters. The second-order valence-electron chi connectivity index (χ2n) is 7.04. The maximum atomic E-state index is 12.2. The summed E-state index contributed by atoms with van der Waals surface area (Å²) in [6.45, 7) is 2.44. The molecule has 2 aromatic heterocycles. The number of nitrogens with zero attached hydrogens (tertiary/aromatic N) is 2. The number of halogens is 1. The van der Waals surface area contributed by atoms with Crippen molar-refractivity contribution in [1.82, 2.24) is 10.3 Å². The fourth-order valence-corrected chi connectivity index (χ4v) is 5.51. The Morgan fingerprint density at radius 3 is 3.20 bits per heavy atom. The number of anilines is 1. The molecule has 5 rings (SSSR count). The Hall–Kier alpha value is -1.57. The Kier molecular flexibility index (Phi) is 3.59. The third-order valence-electron chi connectivity index (χ3n) is 5.77. The van der Waals surface area contributed by atoms with Gasteiger partial charge in [0, 0.05) is 43.0 Å². The first-order valence-corrected chi connectivity index (χ1v) is 9.76. The summed E-state index contributed by atoms with van der Waals surface area (Å²) in [6.07, 6.45) is 4.25. The van der Waals surface area contributed by atoms with Crippen molar-refractivity contribution >= 4 is 34.0 Å². The lowest BCUT2D eigenvalue weighted by atomic mass is 9.73. The van der Waals surface area contributed by atoms with Crippen LogP contribution in [0.5, 0.6) is 0 Å². The lowest BCUT2D eigenvalue weighted by molar-refractivity contribution is 0.0141. The number of hydrogen-bond donors (Lipinski definition) is 1. The third-order valence-corrected chi connectivity index (χ3v) is 6.80. The number of thiazole rings is 1. The summed E-state index contributed by atoms with van der Waals surface area (Å²) in [5.74, 6) is 0.779. The van der Waals surface area contributed by atoms with Crippen LogP contribution in [0.25, 0.3) is 0 Å². The van der Waals surface area contributed by atoms with Gasteiger partial charge in [0.1, 0.15) is 0 Å². The Balaban J connectivity index is 1.29. The van der Waals surface area contributed by atoms with E-state index in [0.717, 1.165) is 31.1 Å². The number of rotatable bonds is 4. The molecule has 8 heteroatoms. The van der Waals surface area contributed by atoms with Crippen LogP contribution in [-0.2, 0) is 4.74 Å². The van der Waals surface area contributed by atoms with E-state index >= 15 is 0 Å². The molecule has 0 aliphatic carbocycles. The van der Waals surface area contributed by atoms with Gasteiger partial charge < -0.3 is 19.4 Å². The number of carbonyl (C=O) groups is 1. The summed E-state index contributed by atoms with van der Waals surface area (Å²) in [6, 6.07) is 3.17. The molecular weight excluding hydrogens is 362 g/mol. The van der Waals surface area contributed by atoms with Crippen LogP contribution < -0.4 is 10.2 Å². The van der Waals surface area contributed by atoms with Crippen molar-refractivity contribution in [2.45, 2.75) is 24.5 Å². The Bertz CT molecular complexity index is 795. The Morgan fingerprint density at radius 2 is 2.44 bits per heavy atom. The quantitative estimate of drug-likeness (QED) is 0.884. The summed E-state index contributed by atoms with van der Waals surface area (Å²) in [5, 5.41) is 6.28. The van der Waals surface area contributed by atoms with Crippen molar-refractivity contribution in [3.8, 4) is 0 Å². The lowest BCUT2D eigenvalue weighted by Gasteiger charge is -2.29. The Labute approximate surface area is 154 Å². The zero-order valence-electron chi connectivity index (χ0n) is 13.5. The van der Waals surface area contributed by atoms with Gasteiger partial charge in [-0.2, -0.15) is 0 Å². The van der Waals surface area contributed by atoms with Gasteiger partial charge in [0.05, 0.1) is 11.7 Å². The maximum absolute atomic E-state index is 12.2. The summed E-state index contributed by atoms with van der Waals surface area (Å²) >= 11 is 7.41. The first kappa shape index (κ1) is 15.7. The number of aromatic nitrogens is 1. The van der Waals surface area contributed by atoms with Crippen molar-refractivity contribution in [1.29, 1.82) is 0 Å². The van der Waals surface area contributed by atoms with Gasteiger partial charge in [-0.1, -0.05) is 0 Å². The first-order valence-electron chi connectivity index (χ1n) is 8.50. The van der Waals surface area contributed by atoms with Gasteiger partial charge in [-0.05, 0) is 36.6 Å². The minimum atomic E-state index is -0.224. The first-order chi connectivity index (χ1) is 12.1. The number of furan rings is 1. The zero-order chi connectivity index (χ0) is 17.0. The Morgan fingerprint density at radius 1 is 1.52 bits per heavy atom. The van der Waals surface area contributed by atoms with Crippen molar-refractivity contribution in [3.05, 3.63) is 34.7 Å². The van der Waals surface area contributed by atoms with E-state index in [4.69, 9.17) is 20.8 Å². The SMILES string of the molecule is O=C(NC[C@H]1[C@H]2CN(c3nccs3)C[C@]23CC[C@H]1O3)c1ccc(Cl)o1. The predicted octanol–water partition coefficient (Wildman–Crippen LogP) is 2.80. The lowest BCUT2D eigenvalue weighted by Crippen LogP contribution is -2.41. The van der Waals surface area contributed by atoms with E-state index in [9.17, 15) is 4.79 Å². The molecule has 132 valence electrons. The predicted molar refractivity (Wildman–Crippen MR) is 94.2 cm³/mol. The highest BCUT2D eigenvalue weighted by atomic mass is 35.5. The fraction of sp³-hybridized carbons (Fsp3) is 0.529. The van der Waals surface area contributed by atoms with E-state index < -0.39 is 0 Å². The van der Waals surface area contributed by atoms with Crippen LogP contribution >= 0.6 is 22.9 Å². The number of amides is 1. The minimum absolute atomic E-state index is 0.0697. The minimum Gasteiger partial charge on any atom is -0.440 e. The second kappa shape index (κ2) is 5.72. The summed E-state index contributed by atoms with van der Waals surface area (Å²) in [7, 11) is 0. The van der Waals surface area contributed by atoms with Crippen molar-refractivity contribution in [2.75, 3.05) is 24.5 Å². The van der Waals surface area contributed by atoms with Gasteiger partial charge in [-0.15, -0.1) is 11.3 Å². The van der Waals surface area contributed by atoms with Crippen LogP contribution in [0.2, 0.25) is 5.22 Å². The van der Waals surface area contributed by atoms with Gasteiger partial charge in [0.2, 0.25) is 0 Å². The van der Waals surface area contributed by atoms with Crippen LogP contribution in [0.4, 0.5) is 5.13 Å². The summed E-state index contributed by atoms with van der Waals surface area (Å²) in [5.41, 5.74) is -0.0697. The molecule has 2 aromatic rings. The molecule has 0 radical (unpaired) electrons. The van der Waals surface area contributed by atoms with Crippen molar-refractivity contribution < 1.29 is 13.9 Å². The van der Waals surface area contributed by atoms with E-state index in [1.807, 2.05) is 11.6 Å². The van der Waals surface area contributed by atoms with E-state index in [2.05, 4.69) is 15.2 Å². The largest absolute Gasteiger partial charge is 0.440 e. The summed E-state index contributed by atoms with van der Waals surface area (Å²) in [4.78, 5) is 19.0. The molecule has 3 aliphatic heterocycles. The number of nitrogens with one attached hydrogen (secondary N) is 1. The number of ether oxygens (including phenoxy) is 1. The average molecular weight is 380 g/mol. The molecule has 1 amide bonds. The standard InChI is InChI=1S/C17H18ClN3O3S/c18-14-2-1-13(23-14)15(22)20-7-10-11-8-21(16-19-5-6-25-16)9-17(11)4-3-12(10)24-17/h1-2,5-6,10-12H,3-4,7-9H2,(H,20,22)/t10-,11+,12+,17+/m0/s1. The van der Waals surface area contributed by atoms with Gasteiger partial charge in [-0.25, -0.2) is 4.98 Å². The molecule has 1 N–H and O–H groups in total. The molecule has 25 heavy (non-hydrogen) atoms. The van der Waals surface area contributed by atoms with Crippen LogP contribution in [-0.4, -0.2) is 42.2 Å². The van der Waals surface area contributed by atoms with Gasteiger partial charge >= 0.3 is 0 Å². The highest BCUT2D eigenvalue weighted by molar-refractivity contribution is 7.13. The zero-order valence-corrected chi connectivity index (χ0v) is 15.1. The van der Waals surface area contributed by atoms with Crippen LogP contribution in [0, 0.1) is 11.8 Å². The summed E-state index contributed by atoms with van der Waals surface area (Å²) < 4.78 is 11.6. The van der Waals surface area contributed by atoms with Crippen LogP contribution in [0.1, 0.15) is 23.4 Å². The molecule has 3 saturated heterocycles. The fourth-order valence-electron chi connectivity index (χ4n) is 4.72. The van der Waals surface area contributed by atoms with Gasteiger partial charge in [0.15, 0.2) is 16.1 Å².